The van der Waals surface area contributed by atoms with Gasteiger partial charge in [-0.1, -0.05) is 17.7 Å². The summed E-state index contributed by atoms with van der Waals surface area (Å²) in [4.78, 5) is 2.03. The smallest absolute Gasteiger partial charge is 0.129 e. The van der Waals surface area contributed by atoms with E-state index in [1.54, 1.807) is 19.2 Å². The van der Waals surface area contributed by atoms with Crippen molar-refractivity contribution in [3.8, 4) is 0 Å². The quantitative estimate of drug-likeness (QED) is 0.776. The van der Waals surface area contributed by atoms with E-state index in [0.717, 1.165) is 13.0 Å². The average molecular weight is 275 g/mol. The van der Waals surface area contributed by atoms with Crippen LogP contribution in [0.25, 0.3) is 0 Å². The van der Waals surface area contributed by atoms with Crippen molar-refractivity contribution < 1.29 is 9.13 Å². The second kappa shape index (κ2) is 7.69. The van der Waals surface area contributed by atoms with Gasteiger partial charge in [0.1, 0.15) is 5.82 Å². The topological polar surface area (TPSA) is 38.5 Å². The summed E-state index contributed by atoms with van der Waals surface area (Å²) in [6.45, 7) is 1.85. The number of halogens is 2. The third kappa shape index (κ3) is 4.21. The number of ether oxygens (including phenoxy) is 1. The summed E-state index contributed by atoms with van der Waals surface area (Å²) >= 11 is 5.75. The lowest BCUT2D eigenvalue weighted by Gasteiger charge is -2.27. The monoisotopic (exact) mass is 274 g/mol. The molecule has 0 heterocycles. The van der Waals surface area contributed by atoms with Crippen LogP contribution in [-0.4, -0.2) is 38.8 Å². The predicted octanol–water partition coefficient (Wildman–Crippen LogP) is 2.45. The van der Waals surface area contributed by atoms with Gasteiger partial charge in [0.2, 0.25) is 0 Å². The van der Waals surface area contributed by atoms with E-state index in [9.17, 15) is 4.39 Å². The molecule has 0 amide bonds. The normalized spacial score (nSPS) is 13.0. The van der Waals surface area contributed by atoms with Crippen molar-refractivity contribution in [3.05, 3.63) is 34.6 Å². The Morgan fingerprint density at radius 3 is 2.78 bits per heavy atom. The molecule has 18 heavy (non-hydrogen) atoms. The maximum absolute atomic E-state index is 13.8. The van der Waals surface area contributed by atoms with Crippen LogP contribution in [0, 0.1) is 5.82 Å². The number of methoxy groups -OCH3 is 1. The van der Waals surface area contributed by atoms with E-state index in [2.05, 4.69) is 0 Å². The fourth-order valence-electron chi connectivity index (χ4n) is 1.93. The van der Waals surface area contributed by atoms with Crippen LogP contribution in [0.15, 0.2) is 18.2 Å². The lowest BCUT2D eigenvalue weighted by molar-refractivity contribution is 0.165. The summed E-state index contributed by atoms with van der Waals surface area (Å²) in [6, 6.07) is 4.56. The average Bonchev–Trinajstić information content (AvgIpc) is 2.33. The molecule has 102 valence electrons. The van der Waals surface area contributed by atoms with E-state index in [4.69, 9.17) is 22.1 Å². The zero-order chi connectivity index (χ0) is 13.5. The molecule has 5 heteroatoms. The first-order valence-electron chi connectivity index (χ1n) is 5.94. The molecule has 0 saturated heterocycles. The van der Waals surface area contributed by atoms with Crippen LogP contribution in [0.1, 0.15) is 18.0 Å². The van der Waals surface area contributed by atoms with Gasteiger partial charge in [-0.2, -0.15) is 0 Å². The number of benzene rings is 1. The van der Waals surface area contributed by atoms with Crippen LogP contribution >= 0.6 is 11.6 Å². The van der Waals surface area contributed by atoms with E-state index in [1.165, 1.54) is 6.07 Å². The Hall–Kier alpha value is -0.680. The predicted molar refractivity (Wildman–Crippen MR) is 72.3 cm³/mol. The summed E-state index contributed by atoms with van der Waals surface area (Å²) in [5, 5.41) is 0.397. The summed E-state index contributed by atoms with van der Waals surface area (Å²) in [7, 11) is 3.60. The highest BCUT2D eigenvalue weighted by atomic mass is 35.5. The molecule has 0 aromatic heterocycles. The largest absolute Gasteiger partial charge is 0.385 e. The van der Waals surface area contributed by atoms with Gasteiger partial charge >= 0.3 is 0 Å². The van der Waals surface area contributed by atoms with Gasteiger partial charge in [0, 0.05) is 43.4 Å². The summed E-state index contributed by atoms with van der Waals surface area (Å²) in [5.74, 6) is -0.309. The highest BCUT2D eigenvalue weighted by Gasteiger charge is 2.18. The van der Waals surface area contributed by atoms with Crippen LogP contribution < -0.4 is 5.73 Å². The molecule has 1 rings (SSSR count). The molecule has 0 saturated carbocycles. The van der Waals surface area contributed by atoms with Crippen LogP contribution in [0.4, 0.5) is 4.39 Å². The van der Waals surface area contributed by atoms with E-state index < -0.39 is 0 Å². The molecule has 0 radical (unpaired) electrons. The first-order valence-corrected chi connectivity index (χ1v) is 6.32. The van der Waals surface area contributed by atoms with E-state index in [-0.39, 0.29) is 11.9 Å². The molecule has 3 nitrogen and oxygen atoms in total. The molecule has 1 atom stereocenters. The van der Waals surface area contributed by atoms with E-state index >= 15 is 0 Å². The van der Waals surface area contributed by atoms with Gasteiger partial charge in [-0.25, -0.2) is 4.39 Å². The number of rotatable bonds is 7. The molecule has 0 spiro atoms. The maximum Gasteiger partial charge on any atom is 0.129 e. The Morgan fingerprint density at radius 1 is 1.50 bits per heavy atom. The summed E-state index contributed by atoms with van der Waals surface area (Å²) in [5.41, 5.74) is 6.33. The first kappa shape index (κ1) is 15.4. The Balaban J connectivity index is 2.75. The van der Waals surface area contributed by atoms with Gasteiger partial charge in [-0.15, -0.1) is 0 Å². The molecule has 1 unspecified atom stereocenters. The standard InChI is InChI=1S/C13H20ClFN2O/c1-17(6-3-7-18-2)13(9-16)11-5-4-10(14)8-12(11)15/h4-5,8,13H,3,6-7,9,16H2,1-2H3. The number of hydrogen-bond acceptors (Lipinski definition) is 3. The van der Waals surface area contributed by atoms with Crippen molar-refractivity contribution in [3.63, 3.8) is 0 Å². The molecular formula is C13H20ClFN2O. The number of nitrogens with two attached hydrogens (primary N) is 1. The first-order chi connectivity index (χ1) is 8.60. The third-order valence-corrected chi connectivity index (χ3v) is 3.17. The molecule has 1 aromatic carbocycles. The number of hydrogen-bond donors (Lipinski definition) is 1. The lowest BCUT2D eigenvalue weighted by Crippen LogP contribution is -2.32. The minimum absolute atomic E-state index is 0.140. The molecule has 0 aliphatic carbocycles. The van der Waals surface area contributed by atoms with Crippen molar-refractivity contribution >= 4 is 11.6 Å². The molecule has 2 N–H and O–H groups in total. The zero-order valence-corrected chi connectivity index (χ0v) is 11.6. The van der Waals surface area contributed by atoms with Crippen molar-refractivity contribution in [2.24, 2.45) is 5.73 Å². The molecular weight excluding hydrogens is 255 g/mol. The van der Waals surface area contributed by atoms with Gasteiger partial charge in [0.05, 0.1) is 0 Å². The van der Waals surface area contributed by atoms with Crippen molar-refractivity contribution in [2.75, 3.05) is 33.9 Å². The highest BCUT2D eigenvalue weighted by Crippen LogP contribution is 2.24. The van der Waals surface area contributed by atoms with Crippen molar-refractivity contribution in [1.82, 2.24) is 4.90 Å². The van der Waals surface area contributed by atoms with Gasteiger partial charge in [0.25, 0.3) is 0 Å². The van der Waals surface area contributed by atoms with Gasteiger partial charge < -0.3 is 10.5 Å². The minimum Gasteiger partial charge on any atom is -0.385 e. The molecule has 1 aromatic rings. The Labute approximate surface area is 113 Å². The second-order valence-electron chi connectivity index (χ2n) is 4.24. The van der Waals surface area contributed by atoms with Crippen molar-refractivity contribution in [1.29, 1.82) is 0 Å². The van der Waals surface area contributed by atoms with Crippen LogP contribution in [0.5, 0.6) is 0 Å². The zero-order valence-electron chi connectivity index (χ0n) is 10.8. The van der Waals surface area contributed by atoms with E-state index in [0.29, 0.717) is 23.7 Å². The summed E-state index contributed by atoms with van der Waals surface area (Å²) < 4.78 is 18.8. The Morgan fingerprint density at radius 2 is 2.22 bits per heavy atom. The van der Waals surface area contributed by atoms with Crippen LogP contribution in [0.3, 0.4) is 0 Å². The molecule has 0 aliphatic heterocycles. The van der Waals surface area contributed by atoms with Gasteiger partial charge in [-0.05, 0) is 25.6 Å². The van der Waals surface area contributed by atoms with Gasteiger partial charge in [0.15, 0.2) is 0 Å². The SMILES string of the molecule is COCCCN(C)C(CN)c1ccc(Cl)cc1F. The van der Waals surface area contributed by atoms with E-state index in [1.807, 2.05) is 11.9 Å². The summed E-state index contributed by atoms with van der Waals surface area (Å²) in [6.07, 6.45) is 0.888. The minimum atomic E-state index is -0.309. The van der Waals surface area contributed by atoms with Gasteiger partial charge in [-0.3, -0.25) is 4.90 Å². The van der Waals surface area contributed by atoms with Crippen LogP contribution in [-0.2, 0) is 4.74 Å². The Bertz CT molecular complexity index is 376. The molecule has 0 fully saturated rings. The fraction of sp³-hybridized carbons (Fsp3) is 0.538. The number of likely N-dealkylation sites (N-methyl/N-ethyl adjacent to an activating group) is 1. The van der Waals surface area contributed by atoms with Crippen molar-refractivity contribution in [2.45, 2.75) is 12.5 Å². The maximum atomic E-state index is 13.8. The third-order valence-electron chi connectivity index (χ3n) is 2.94. The second-order valence-corrected chi connectivity index (χ2v) is 4.68. The fourth-order valence-corrected chi connectivity index (χ4v) is 2.09. The Kier molecular flexibility index (Phi) is 6.57. The number of nitrogens with zero attached hydrogens (tertiary/aromatic N) is 1. The van der Waals surface area contributed by atoms with Crippen LogP contribution in [0.2, 0.25) is 5.02 Å². The lowest BCUT2D eigenvalue weighted by atomic mass is 10.0. The molecule has 0 aliphatic rings. The molecule has 0 bridgehead atoms. The highest BCUT2D eigenvalue weighted by molar-refractivity contribution is 6.30.